The van der Waals surface area contributed by atoms with E-state index in [4.69, 9.17) is 0 Å². The lowest BCUT2D eigenvalue weighted by Crippen LogP contribution is -2.46. The lowest BCUT2D eigenvalue weighted by Gasteiger charge is -2.23. The van der Waals surface area contributed by atoms with Gasteiger partial charge in [-0.25, -0.2) is 0 Å². The molecule has 116 valence electrons. The summed E-state index contributed by atoms with van der Waals surface area (Å²) in [4.78, 5) is 29.3. The zero-order chi connectivity index (χ0) is 15.9. The van der Waals surface area contributed by atoms with Gasteiger partial charge in [-0.15, -0.1) is 11.8 Å². The fraction of sp³-hybridized carbons (Fsp3) is 0.533. The number of nitrogens with one attached hydrogen (secondary N) is 1. The van der Waals surface area contributed by atoms with E-state index in [1.54, 1.807) is 13.2 Å². The normalized spacial score (nSPS) is 11.0. The van der Waals surface area contributed by atoms with Gasteiger partial charge >= 0.3 is 0 Å². The predicted octanol–water partition coefficient (Wildman–Crippen LogP) is 1.69. The minimum Gasteiger partial charge on any atom is -0.350 e. The monoisotopic (exact) mass is 309 g/mol. The summed E-state index contributed by atoms with van der Waals surface area (Å²) in [5.74, 6) is 0.831. The quantitative estimate of drug-likeness (QED) is 0.868. The number of carbonyl (C=O) groups excluding carboxylic acids is 2. The Morgan fingerprint density at radius 2 is 2.05 bits per heavy atom. The van der Waals surface area contributed by atoms with E-state index in [9.17, 15) is 9.59 Å². The Morgan fingerprint density at radius 1 is 1.33 bits per heavy atom. The lowest BCUT2D eigenvalue weighted by molar-refractivity contribution is -0.133. The molecule has 1 N–H and O–H groups in total. The van der Waals surface area contributed by atoms with Gasteiger partial charge in [0.2, 0.25) is 11.8 Å². The summed E-state index contributed by atoms with van der Waals surface area (Å²) in [6, 6.07) is 5.71. The summed E-state index contributed by atoms with van der Waals surface area (Å²) in [5, 5.41) is 2.84. The maximum atomic E-state index is 11.9. The number of rotatable bonds is 6. The Balaban J connectivity index is 2.29. The average molecular weight is 309 g/mol. The molecule has 0 bridgehead atoms. The van der Waals surface area contributed by atoms with Crippen molar-refractivity contribution in [1.29, 1.82) is 0 Å². The van der Waals surface area contributed by atoms with Gasteiger partial charge in [-0.1, -0.05) is 6.07 Å². The van der Waals surface area contributed by atoms with Crippen LogP contribution in [0.1, 0.15) is 26.5 Å². The summed E-state index contributed by atoms with van der Waals surface area (Å²) >= 11 is 1.50. The SMILES string of the molecule is CN(CC(=O)NC(C)(C)C)C(=O)CSCc1ccccn1. The molecule has 0 aliphatic carbocycles. The van der Waals surface area contributed by atoms with Gasteiger partial charge in [-0.2, -0.15) is 0 Å². The highest BCUT2D eigenvalue weighted by molar-refractivity contribution is 7.99. The van der Waals surface area contributed by atoms with Crippen LogP contribution < -0.4 is 5.32 Å². The van der Waals surface area contributed by atoms with Crippen molar-refractivity contribution in [3.63, 3.8) is 0 Å². The smallest absolute Gasteiger partial charge is 0.240 e. The Kier molecular flexibility index (Phi) is 6.68. The summed E-state index contributed by atoms with van der Waals surface area (Å²) in [6.45, 7) is 5.82. The molecule has 0 spiro atoms. The number of aromatic nitrogens is 1. The maximum Gasteiger partial charge on any atom is 0.240 e. The Labute approximate surface area is 130 Å². The predicted molar refractivity (Wildman–Crippen MR) is 85.9 cm³/mol. The Morgan fingerprint density at radius 3 is 2.62 bits per heavy atom. The molecule has 0 aromatic carbocycles. The van der Waals surface area contributed by atoms with E-state index < -0.39 is 0 Å². The van der Waals surface area contributed by atoms with Gasteiger partial charge in [0.1, 0.15) is 0 Å². The number of nitrogens with zero attached hydrogens (tertiary/aromatic N) is 2. The molecule has 1 rings (SSSR count). The first-order chi connectivity index (χ1) is 9.78. The molecule has 6 heteroatoms. The van der Waals surface area contributed by atoms with E-state index in [0.29, 0.717) is 11.5 Å². The van der Waals surface area contributed by atoms with E-state index in [-0.39, 0.29) is 23.9 Å². The number of thioether (sulfide) groups is 1. The molecule has 2 amide bonds. The number of hydrogen-bond acceptors (Lipinski definition) is 4. The molecule has 0 saturated heterocycles. The van der Waals surface area contributed by atoms with Crippen LogP contribution in [-0.2, 0) is 15.3 Å². The van der Waals surface area contributed by atoms with Crippen LogP contribution in [0.5, 0.6) is 0 Å². The molecule has 1 heterocycles. The van der Waals surface area contributed by atoms with Gasteiger partial charge in [-0.05, 0) is 32.9 Å². The van der Waals surface area contributed by atoms with Crippen molar-refractivity contribution in [2.75, 3.05) is 19.3 Å². The molecule has 0 unspecified atom stereocenters. The minimum absolute atomic E-state index is 0.0556. The van der Waals surface area contributed by atoms with Gasteiger partial charge in [0.25, 0.3) is 0 Å². The number of pyridine rings is 1. The van der Waals surface area contributed by atoms with Crippen molar-refractivity contribution >= 4 is 23.6 Å². The second-order valence-corrected chi connectivity index (χ2v) is 6.85. The van der Waals surface area contributed by atoms with Crippen LogP contribution in [0.2, 0.25) is 0 Å². The van der Waals surface area contributed by atoms with Crippen molar-refractivity contribution in [1.82, 2.24) is 15.2 Å². The molecule has 0 fully saturated rings. The second kappa shape index (κ2) is 8.02. The van der Waals surface area contributed by atoms with E-state index in [2.05, 4.69) is 10.3 Å². The van der Waals surface area contributed by atoms with E-state index in [1.165, 1.54) is 16.7 Å². The van der Waals surface area contributed by atoms with Crippen LogP contribution >= 0.6 is 11.8 Å². The summed E-state index contributed by atoms with van der Waals surface area (Å²) in [5.41, 5.74) is 0.665. The molecule has 21 heavy (non-hydrogen) atoms. The highest BCUT2D eigenvalue weighted by Gasteiger charge is 2.17. The molecule has 0 aliphatic heterocycles. The van der Waals surface area contributed by atoms with Gasteiger partial charge in [0, 0.05) is 24.5 Å². The van der Waals surface area contributed by atoms with Crippen LogP contribution in [-0.4, -0.2) is 46.6 Å². The summed E-state index contributed by atoms with van der Waals surface area (Å²) in [7, 11) is 1.64. The minimum atomic E-state index is -0.283. The fourth-order valence-corrected chi connectivity index (χ4v) is 2.47. The van der Waals surface area contributed by atoms with Gasteiger partial charge in [0.15, 0.2) is 0 Å². The fourth-order valence-electron chi connectivity index (χ4n) is 1.60. The number of likely N-dealkylation sites (N-methyl/N-ethyl adjacent to an activating group) is 1. The highest BCUT2D eigenvalue weighted by Crippen LogP contribution is 2.10. The van der Waals surface area contributed by atoms with Crippen molar-refractivity contribution in [2.24, 2.45) is 0 Å². The molecule has 0 radical (unpaired) electrons. The number of amides is 2. The molecule has 0 aliphatic rings. The van der Waals surface area contributed by atoms with Crippen molar-refractivity contribution in [2.45, 2.75) is 32.1 Å². The molecule has 0 atom stereocenters. The number of carbonyl (C=O) groups is 2. The Hall–Kier alpha value is -1.56. The first-order valence-electron chi connectivity index (χ1n) is 6.80. The van der Waals surface area contributed by atoms with Crippen LogP contribution in [0, 0.1) is 0 Å². The average Bonchev–Trinajstić information content (AvgIpc) is 2.37. The van der Waals surface area contributed by atoms with Crippen LogP contribution in [0.15, 0.2) is 24.4 Å². The van der Waals surface area contributed by atoms with Crippen LogP contribution in [0.3, 0.4) is 0 Å². The van der Waals surface area contributed by atoms with Crippen molar-refractivity contribution in [3.8, 4) is 0 Å². The first kappa shape index (κ1) is 17.5. The third kappa shape index (κ3) is 7.70. The van der Waals surface area contributed by atoms with Crippen molar-refractivity contribution in [3.05, 3.63) is 30.1 Å². The lowest BCUT2D eigenvalue weighted by atomic mass is 10.1. The highest BCUT2D eigenvalue weighted by atomic mass is 32.2. The van der Waals surface area contributed by atoms with Gasteiger partial charge in [-0.3, -0.25) is 14.6 Å². The molecular formula is C15H23N3O2S. The van der Waals surface area contributed by atoms with Crippen LogP contribution in [0.25, 0.3) is 0 Å². The van der Waals surface area contributed by atoms with Gasteiger partial charge in [0.05, 0.1) is 18.0 Å². The molecule has 5 nitrogen and oxygen atoms in total. The van der Waals surface area contributed by atoms with E-state index in [1.807, 2.05) is 39.0 Å². The third-order valence-electron chi connectivity index (χ3n) is 2.52. The zero-order valence-corrected chi connectivity index (χ0v) is 13.9. The van der Waals surface area contributed by atoms with E-state index in [0.717, 1.165) is 5.69 Å². The molecule has 1 aromatic rings. The summed E-state index contributed by atoms with van der Waals surface area (Å²) in [6.07, 6.45) is 1.74. The van der Waals surface area contributed by atoms with Crippen molar-refractivity contribution < 1.29 is 9.59 Å². The topological polar surface area (TPSA) is 62.3 Å². The standard InChI is InChI=1S/C15H23N3O2S/c1-15(2,3)17-13(19)9-18(4)14(20)11-21-10-12-7-5-6-8-16-12/h5-8H,9-11H2,1-4H3,(H,17,19). The van der Waals surface area contributed by atoms with Crippen LogP contribution in [0.4, 0.5) is 0 Å². The molecule has 1 aromatic heterocycles. The molecule has 0 saturated carbocycles. The summed E-state index contributed by atoms with van der Waals surface area (Å²) < 4.78 is 0. The largest absolute Gasteiger partial charge is 0.350 e. The first-order valence-corrected chi connectivity index (χ1v) is 7.96. The zero-order valence-electron chi connectivity index (χ0n) is 13.0. The molecular weight excluding hydrogens is 286 g/mol. The van der Waals surface area contributed by atoms with E-state index >= 15 is 0 Å². The Bertz CT molecular complexity index is 472. The second-order valence-electron chi connectivity index (χ2n) is 5.86. The number of hydrogen-bond donors (Lipinski definition) is 1. The third-order valence-corrected chi connectivity index (χ3v) is 3.47. The van der Waals surface area contributed by atoms with Gasteiger partial charge < -0.3 is 10.2 Å². The maximum absolute atomic E-state index is 11.9.